The molecule has 84 valence electrons. The Morgan fingerprint density at radius 3 is 2.81 bits per heavy atom. The Morgan fingerprint density at radius 2 is 2.06 bits per heavy atom. The van der Waals surface area contributed by atoms with Crippen molar-refractivity contribution in [2.75, 3.05) is 0 Å². The minimum Gasteiger partial charge on any atom is -0.478 e. The molecule has 0 heterocycles. The molecule has 0 aliphatic heterocycles. The second kappa shape index (κ2) is 4.61. The highest BCUT2D eigenvalue weighted by Gasteiger charge is 2.12. The van der Waals surface area contributed by atoms with Gasteiger partial charge in [-0.3, -0.25) is 0 Å². The Bertz CT molecular complexity index is 477. The van der Waals surface area contributed by atoms with Gasteiger partial charge in [-0.2, -0.15) is 0 Å². The summed E-state index contributed by atoms with van der Waals surface area (Å²) in [5, 5.41) is 9.65. The zero-order valence-corrected chi connectivity index (χ0v) is 9.50. The minimum absolute atomic E-state index is 0.679. The SMILES string of the molecule is O=C(O)/C=C/S(=O)c1ccc2c(c1)CCC2. The molecule has 1 aliphatic rings. The van der Waals surface area contributed by atoms with Gasteiger partial charge in [0.1, 0.15) is 0 Å². The number of hydrogen-bond acceptors (Lipinski definition) is 2. The molecule has 0 bridgehead atoms. The maximum absolute atomic E-state index is 11.7. The van der Waals surface area contributed by atoms with Crippen molar-refractivity contribution < 1.29 is 14.1 Å². The van der Waals surface area contributed by atoms with Gasteiger partial charge >= 0.3 is 5.97 Å². The Labute approximate surface area is 96.3 Å². The second-order valence-electron chi connectivity index (χ2n) is 3.72. The van der Waals surface area contributed by atoms with Gasteiger partial charge in [-0.15, -0.1) is 0 Å². The summed E-state index contributed by atoms with van der Waals surface area (Å²) in [6.45, 7) is 0. The van der Waals surface area contributed by atoms with Crippen LogP contribution in [0.2, 0.25) is 0 Å². The van der Waals surface area contributed by atoms with Crippen LogP contribution in [-0.2, 0) is 28.4 Å². The van der Waals surface area contributed by atoms with Crippen molar-refractivity contribution in [3.05, 3.63) is 40.8 Å². The third kappa shape index (κ3) is 2.39. The first kappa shape index (κ1) is 11.1. The summed E-state index contributed by atoms with van der Waals surface area (Å²) in [4.78, 5) is 11.0. The van der Waals surface area contributed by atoms with Crippen LogP contribution in [0.4, 0.5) is 0 Å². The number of aryl methyl sites for hydroxylation is 2. The second-order valence-corrected chi connectivity index (χ2v) is 5.06. The first-order valence-electron chi connectivity index (χ1n) is 5.10. The van der Waals surface area contributed by atoms with Crippen molar-refractivity contribution in [1.82, 2.24) is 0 Å². The van der Waals surface area contributed by atoms with Crippen LogP contribution in [0, 0.1) is 0 Å². The molecule has 0 saturated heterocycles. The van der Waals surface area contributed by atoms with Gasteiger partial charge in [0, 0.05) is 16.4 Å². The van der Waals surface area contributed by atoms with Gasteiger partial charge < -0.3 is 5.11 Å². The summed E-state index contributed by atoms with van der Waals surface area (Å²) in [7, 11) is -1.36. The van der Waals surface area contributed by atoms with E-state index in [1.54, 1.807) is 0 Å². The topological polar surface area (TPSA) is 54.4 Å². The molecule has 2 rings (SSSR count). The summed E-state index contributed by atoms with van der Waals surface area (Å²) in [5.74, 6) is -1.07. The summed E-state index contributed by atoms with van der Waals surface area (Å²) in [5.41, 5.74) is 2.57. The zero-order chi connectivity index (χ0) is 11.5. The van der Waals surface area contributed by atoms with Crippen molar-refractivity contribution >= 4 is 16.8 Å². The van der Waals surface area contributed by atoms with Crippen LogP contribution in [0.1, 0.15) is 17.5 Å². The number of hydrogen-bond donors (Lipinski definition) is 1. The van der Waals surface area contributed by atoms with E-state index in [1.807, 2.05) is 18.2 Å². The summed E-state index contributed by atoms with van der Waals surface area (Å²) in [6, 6.07) is 5.72. The van der Waals surface area contributed by atoms with Crippen LogP contribution >= 0.6 is 0 Å². The van der Waals surface area contributed by atoms with Crippen molar-refractivity contribution in [3.63, 3.8) is 0 Å². The Hall–Kier alpha value is -1.42. The van der Waals surface area contributed by atoms with Gasteiger partial charge in [-0.25, -0.2) is 9.00 Å². The summed E-state index contributed by atoms with van der Waals surface area (Å²) >= 11 is 0. The maximum atomic E-state index is 11.7. The van der Waals surface area contributed by atoms with Crippen molar-refractivity contribution in [2.24, 2.45) is 0 Å². The first-order valence-corrected chi connectivity index (χ1v) is 6.31. The molecule has 16 heavy (non-hydrogen) atoms. The van der Waals surface area contributed by atoms with Crippen LogP contribution < -0.4 is 0 Å². The molecule has 1 aromatic carbocycles. The molecule has 0 radical (unpaired) electrons. The lowest BCUT2D eigenvalue weighted by Crippen LogP contribution is -1.92. The summed E-state index contributed by atoms with van der Waals surface area (Å²) in [6.07, 6.45) is 4.19. The number of rotatable bonds is 3. The molecule has 0 fully saturated rings. The largest absolute Gasteiger partial charge is 0.478 e. The van der Waals surface area contributed by atoms with Gasteiger partial charge in [-0.05, 0) is 42.5 Å². The molecule has 1 aromatic rings. The predicted molar refractivity (Wildman–Crippen MR) is 61.7 cm³/mol. The van der Waals surface area contributed by atoms with Gasteiger partial charge in [0.25, 0.3) is 0 Å². The Morgan fingerprint density at radius 1 is 1.31 bits per heavy atom. The van der Waals surface area contributed by atoms with E-state index in [0.717, 1.165) is 25.3 Å². The van der Waals surface area contributed by atoms with Gasteiger partial charge in [0.15, 0.2) is 0 Å². The fourth-order valence-electron chi connectivity index (χ4n) is 1.87. The lowest BCUT2D eigenvalue weighted by atomic mass is 10.1. The van der Waals surface area contributed by atoms with E-state index in [4.69, 9.17) is 5.11 Å². The highest BCUT2D eigenvalue weighted by atomic mass is 32.2. The average Bonchev–Trinajstić information content (AvgIpc) is 2.72. The van der Waals surface area contributed by atoms with E-state index >= 15 is 0 Å². The molecule has 1 N–H and O–H groups in total. The van der Waals surface area contributed by atoms with Gasteiger partial charge in [-0.1, -0.05) is 6.07 Å². The molecule has 1 unspecified atom stereocenters. The van der Waals surface area contributed by atoms with E-state index in [9.17, 15) is 9.00 Å². The molecule has 4 heteroatoms. The molecule has 0 spiro atoms. The van der Waals surface area contributed by atoms with E-state index in [2.05, 4.69) is 0 Å². The number of fused-ring (bicyclic) bond motifs is 1. The number of carbonyl (C=O) groups is 1. The number of aliphatic carboxylic acids is 1. The van der Waals surface area contributed by atoms with Gasteiger partial charge in [0.05, 0.1) is 10.8 Å². The highest BCUT2D eigenvalue weighted by Crippen LogP contribution is 2.24. The lowest BCUT2D eigenvalue weighted by Gasteiger charge is -2.01. The quantitative estimate of drug-likeness (QED) is 0.815. The molecule has 0 aromatic heterocycles. The first-order chi connectivity index (χ1) is 7.66. The monoisotopic (exact) mass is 236 g/mol. The van der Waals surface area contributed by atoms with Crippen LogP contribution in [0.5, 0.6) is 0 Å². The van der Waals surface area contributed by atoms with Crippen molar-refractivity contribution in [2.45, 2.75) is 24.2 Å². The van der Waals surface area contributed by atoms with E-state index in [-0.39, 0.29) is 0 Å². The van der Waals surface area contributed by atoms with Crippen molar-refractivity contribution in [3.8, 4) is 0 Å². The fourth-order valence-corrected chi connectivity index (χ4v) is 2.73. The predicted octanol–water partition coefficient (Wildman–Crippen LogP) is 1.88. The van der Waals surface area contributed by atoms with Gasteiger partial charge in [0.2, 0.25) is 0 Å². The van der Waals surface area contributed by atoms with Crippen LogP contribution in [0.25, 0.3) is 0 Å². The van der Waals surface area contributed by atoms with Crippen LogP contribution in [0.3, 0.4) is 0 Å². The highest BCUT2D eigenvalue weighted by molar-refractivity contribution is 7.88. The molecular weight excluding hydrogens is 224 g/mol. The fraction of sp³-hybridized carbons (Fsp3) is 0.250. The molecule has 0 amide bonds. The third-order valence-corrected chi connectivity index (χ3v) is 3.74. The summed E-state index contributed by atoms with van der Waals surface area (Å²) < 4.78 is 11.7. The van der Waals surface area contributed by atoms with Crippen LogP contribution in [-0.4, -0.2) is 15.3 Å². The minimum atomic E-state index is -1.36. The van der Waals surface area contributed by atoms with Crippen molar-refractivity contribution in [1.29, 1.82) is 0 Å². The zero-order valence-electron chi connectivity index (χ0n) is 8.68. The molecular formula is C12H12O3S. The molecule has 1 aliphatic carbocycles. The number of carboxylic acid groups (broad SMARTS) is 1. The third-order valence-electron chi connectivity index (χ3n) is 2.64. The lowest BCUT2D eigenvalue weighted by molar-refractivity contribution is -0.131. The standard InChI is InChI=1S/C12H12O3S/c13-12(14)6-7-16(15)11-5-4-9-2-1-3-10(9)8-11/h4-8H,1-3H2,(H,13,14)/b7-6+. The average molecular weight is 236 g/mol. The number of benzene rings is 1. The van der Waals surface area contributed by atoms with E-state index in [1.165, 1.54) is 16.5 Å². The maximum Gasteiger partial charge on any atom is 0.328 e. The molecule has 3 nitrogen and oxygen atoms in total. The molecule has 1 atom stereocenters. The Kier molecular flexibility index (Phi) is 3.19. The smallest absolute Gasteiger partial charge is 0.328 e. The molecule has 0 saturated carbocycles. The van der Waals surface area contributed by atoms with Crippen LogP contribution in [0.15, 0.2) is 34.6 Å². The number of carboxylic acids is 1. The van der Waals surface area contributed by atoms with E-state index in [0.29, 0.717) is 4.90 Å². The Balaban J connectivity index is 2.21. The normalized spacial score (nSPS) is 16.2. The van der Waals surface area contributed by atoms with E-state index < -0.39 is 16.8 Å².